The number of sulfonamides is 2. The van der Waals surface area contributed by atoms with E-state index in [2.05, 4.69) is 4.72 Å². The Bertz CT molecular complexity index is 1020. The Labute approximate surface area is 153 Å². The van der Waals surface area contributed by atoms with E-state index >= 15 is 0 Å². The first-order valence-corrected chi connectivity index (χ1v) is 11.3. The van der Waals surface area contributed by atoms with Gasteiger partial charge in [0.15, 0.2) is 0 Å². The molecule has 0 unspecified atom stereocenters. The summed E-state index contributed by atoms with van der Waals surface area (Å²) in [6.45, 7) is 0.433. The van der Waals surface area contributed by atoms with Gasteiger partial charge in [0.25, 0.3) is 10.0 Å². The SMILES string of the molecule is COc1ccc(S(=O)(=O)Nc2ccc3c(c2)CCCN3S(C)(=O)=O)cc1. The second-order valence-electron chi connectivity index (χ2n) is 6.06. The molecule has 1 aliphatic heterocycles. The fourth-order valence-electron chi connectivity index (χ4n) is 2.94. The van der Waals surface area contributed by atoms with Gasteiger partial charge in [0.1, 0.15) is 5.75 Å². The first-order chi connectivity index (χ1) is 12.2. The highest BCUT2D eigenvalue weighted by Crippen LogP contribution is 2.32. The van der Waals surface area contributed by atoms with Crippen molar-refractivity contribution in [3.63, 3.8) is 0 Å². The summed E-state index contributed by atoms with van der Waals surface area (Å²) in [4.78, 5) is 0.119. The lowest BCUT2D eigenvalue weighted by Gasteiger charge is -2.29. The Balaban J connectivity index is 1.89. The van der Waals surface area contributed by atoms with Crippen molar-refractivity contribution in [3.8, 4) is 5.75 Å². The third-order valence-corrected chi connectivity index (χ3v) is 6.75. The molecule has 26 heavy (non-hydrogen) atoms. The van der Waals surface area contributed by atoms with Gasteiger partial charge in [-0.2, -0.15) is 0 Å². The Kier molecular flexibility index (Phi) is 4.85. The minimum atomic E-state index is -3.74. The highest BCUT2D eigenvalue weighted by atomic mass is 32.2. The van der Waals surface area contributed by atoms with Crippen LogP contribution in [0.15, 0.2) is 47.4 Å². The Morgan fingerprint density at radius 3 is 2.35 bits per heavy atom. The van der Waals surface area contributed by atoms with Crippen molar-refractivity contribution in [1.82, 2.24) is 0 Å². The minimum absolute atomic E-state index is 0.119. The summed E-state index contributed by atoms with van der Waals surface area (Å²) in [6.07, 6.45) is 2.55. The molecular weight excluding hydrogens is 376 g/mol. The molecule has 0 spiro atoms. The quantitative estimate of drug-likeness (QED) is 0.836. The molecule has 0 amide bonds. The molecule has 0 saturated carbocycles. The van der Waals surface area contributed by atoms with Crippen LogP contribution in [0.25, 0.3) is 0 Å². The van der Waals surface area contributed by atoms with Gasteiger partial charge in [0.2, 0.25) is 10.0 Å². The fourth-order valence-corrected chi connectivity index (χ4v) is 4.99. The fraction of sp³-hybridized carbons (Fsp3) is 0.294. The average Bonchev–Trinajstić information content (AvgIpc) is 2.60. The van der Waals surface area contributed by atoms with Gasteiger partial charge in [0.05, 0.1) is 23.9 Å². The molecule has 9 heteroatoms. The maximum absolute atomic E-state index is 12.5. The number of hydrogen-bond acceptors (Lipinski definition) is 5. The molecule has 0 aliphatic carbocycles. The first kappa shape index (κ1) is 18.5. The van der Waals surface area contributed by atoms with Crippen LogP contribution in [0, 0.1) is 0 Å². The number of nitrogens with one attached hydrogen (secondary N) is 1. The predicted octanol–water partition coefficient (Wildman–Crippen LogP) is 2.21. The van der Waals surface area contributed by atoms with E-state index in [0.29, 0.717) is 36.5 Å². The molecule has 2 aromatic rings. The Hall–Kier alpha value is -2.26. The van der Waals surface area contributed by atoms with Crippen LogP contribution in [0.2, 0.25) is 0 Å². The minimum Gasteiger partial charge on any atom is -0.497 e. The third-order valence-electron chi connectivity index (χ3n) is 4.18. The topological polar surface area (TPSA) is 92.8 Å². The molecule has 7 nitrogen and oxygen atoms in total. The zero-order valence-corrected chi connectivity index (χ0v) is 16.1. The number of benzene rings is 2. The van der Waals surface area contributed by atoms with E-state index in [1.165, 1.54) is 29.8 Å². The highest BCUT2D eigenvalue weighted by Gasteiger charge is 2.24. The molecule has 1 heterocycles. The molecule has 1 N–H and O–H groups in total. The maximum Gasteiger partial charge on any atom is 0.261 e. The van der Waals surface area contributed by atoms with Gasteiger partial charge in [-0.15, -0.1) is 0 Å². The van der Waals surface area contributed by atoms with Gasteiger partial charge in [-0.3, -0.25) is 9.03 Å². The molecule has 2 aromatic carbocycles. The van der Waals surface area contributed by atoms with Crippen molar-refractivity contribution in [1.29, 1.82) is 0 Å². The van der Waals surface area contributed by atoms with Crippen molar-refractivity contribution < 1.29 is 21.6 Å². The number of nitrogens with zero attached hydrogens (tertiary/aromatic N) is 1. The molecule has 0 fully saturated rings. The van der Waals surface area contributed by atoms with E-state index in [9.17, 15) is 16.8 Å². The van der Waals surface area contributed by atoms with Crippen molar-refractivity contribution in [3.05, 3.63) is 48.0 Å². The number of aryl methyl sites for hydroxylation is 1. The highest BCUT2D eigenvalue weighted by molar-refractivity contribution is 7.92. The van der Waals surface area contributed by atoms with E-state index in [4.69, 9.17) is 4.74 Å². The summed E-state index contributed by atoms with van der Waals surface area (Å²) < 4.78 is 57.8. The third kappa shape index (κ3) is 3.78. The van der Waals surface area contributed by atoms with E-state index in [-0.39, 0.29) is 4.90 Å². The number of ether oxygens (including phenoxy) is 1. The van der Waals surface area contributed by atoms with Gasteiger partial charge < -0.3 is 4.74 Å². The number of hydrogen-bond donors (Lipinski definition) is 1. The lowest BCUT2D eigenvalue weighted by Crippen LogP contribution is -2.34. The van der Waals surface area contributed by atoms with Crippen molar-refractivity contribution in [2.45, 2.75) is 17.7 Å². The van der Waals surface area contributed by atoms with E-state index in [0.717, 1.165) is 5.56 Å². The normalized spacial score (nSPS) is 14.6. The largest absolute Gasteiger partial charge is 0.497 e. The van der Waals surface area contributed by atoms with Crippen LogP contribution in [0.3, 0.4) is 0 Å². The van der Waals surface area contributed by atoms with E-state index in [1.54, 1.807) is 30.3 Å². The zero-order chi connectivity index (χ0) is 18.9. The smallest absolute Gasteiger partial charge is 0.261 e. The monoisotopic (exact) mass is 396 g/mol. The maximum atomic E-state index is 12.5. The second kappa shape index (κ2) is 6.81. The number of anilines is 2. The Morgan fingerprint density at radius 2 is 1.73 bits per heavy atom. The molecule has 140 valence electrons. The summed E-state index contributed by atoms with van der Waals surface area (Å²) in [5.41, 5.74) is 1.80. The van der Waals surface area contributed by atoms with Crippen LogP contribution in [0.1, 0.15) is 12.0 Å². The van der Waals surface area contributed by atoms with Gasteiger partial charge in [-0.25, -0.2) is 16.8 Å². The van der Waals surface area contributed by atoms with Crippen molar-refractivity contribution in [2.24, 2.45) is 0 Å². The summed E-state index contributed by atoms with van der Waals surface area (Å²) in [6, 6.07) is 11.0. The van der Waals surface area contributed by atoms with Crippen LogP contribution in [-0.4, -0.2) is 36.7 Å². The molecule has 0 aromatic heterocycles. The number of methoxy groups -OCH3 is 1. The van der Waals surface area contributed by atoms with Crippen molar-refractivity contribution >= 4 is 31.4 Å². The van der Waals surface area contributed by atoms with Crippen LogP contribution in [-0.2, 0) is 26.5 Å². The molecule has 0 bridgehead atoms. The van der Waals surface area contributed by atoms with Gasteiger partial charge in [-0.1, -0.05) is 0 Å². The van der Waals surface area contributed by atoms with E-state index in [1.807, 2.05) is 0 Å². The van der Waals surface area contributed by atoms with Gasteiger partial charge in [0, 0.05) is 12.2 Å². The summed E-state index contributed by atoms with van der Waals surface area (Å²) in [7, 11) is -5.59. The Morgan fingerprint density at radius 1 is 1.04 bits per heavy atom. The molecule has 3 rings (SSSR count). The molecule has 0 saturated heterocycles. The summed E-state index contributed by atoms with van der Waals surface area (Å²) >= 11 is 0. The van der Waals surface area contributed by atoms with Crippen LogP contribution in [0.4, 0.5) is 11.4 Å². The summed E-state index contributed by atoms with van der Waals surface area (Å²) in [5.74, 6) is 0.568. The van der Waals surface area contributed by atoms with Gasteiger partial charge >= 0.3 is 0 Å². The number of rotatable bonds is 5. The average molecular weight is 396 g/mol. The van der Waals surface area contributed by atoms with Crippen LogP contribution >= 0.6 is 0 Å². The van der Waals surface area contributed by atoms with Crippen LogP contribution in [0.5, 0.6) is 5.75 Å². The first-order valence-electron chi connectivity index (χ1n) is 7.98. The second-order valence-corrected chi connectivity index (χ2v) is 9.65. The molecule has 0 radical (unpaired) electrons. The predicted molar refractivity (Wildman–Crippen MR) is 101 cm³/mol. The standard InChI is InChI=1S/C17H20N2O5S2/c1-24-15-6-8-16(9-7-15)26(22,23)18-14-5-10-17-13(12-14)4-3-11-19(17)25(2,20)21/h5-10,12,18H,3-4,11H2,1-2H3. The molecular formula is C17H20N2O5S2. The van der Waals surface area contributed by atoms with Crippen LogP contribution < -0.4 is 13.8 Å². The lowest BCUT2D eigenvalue weighted by molar-refractivity contribution is 0.414. The molecule has 0 atom stereocenters. The zero-order valence-electron chi connectivity index (χ0n) is 14.5. The summed E-state index contributed by atoms with van der Waals surface area (Å²) in [5, 5.41) is 0. The number of fused-ring (bicyclic) bond motifs is 1. The van der Waals surface area contributed by atoms with E-state index < -0.39 is 20.0 Å². The lowest BCUT2D eigenvalue weighted by atomic mass is 10.0. The van der Waals surface area contributed by atoms with Crippen molar-refractivity contribution in [2.75, 3.05) is 28.9 Å². The molecule has 1 aliphatic rings. The van der Waals surface area contributed by atoms with Gasteiger partial charge in [-0.05, 0) is 60.9 Å².